The Hall–Kier alpha value is -2.64. The fourth-order valence-electron chi connectivity index (χ4n) is 3.91. The fraction of sp³-hybridized carbons (Fsp3) is 0.556. The van der Waals surface area contributed by atoms with Crippen molar-refractivity contribution in [1.82, 2.24) is 19.5 Å². The first-order valence-electron chi connectivity index (χ1n) is 9.34. The van der Waals surface area contributed by atoms with Crippen LogP contribution in [0.1, 0.15) is 37.4 Å². The predicted octanol–water partition coefficient (Wildman–Crippen LogP) is 0.916. The number of hydrogen-bond acceptors (Lipinski definition) is 6. The van der Waals surface area contributed by atoms with Crippen LogP contribution in [0, 0.1) is 0 Å². The summed E-state index contributed by atoms with van der Waals surface area (Å²) in [5, 5.41) is 3.55. The Kier molecular flexibility index (Phi) is 4.48. The molecule has 1 aliphatic carbocycles. The SMILES string of the molecule is CCn1c(=O)cc(N2CC[C@@H](Nc3ncnc4c3CCCC4)C2)[nH]c1=O. The molecule has 1 atom stereocenters. The average molecular weight is 356 g/mol. The van der Waals surface area contributed by atoms with Crippen molar-refractivity contribution in [3.05, 3.63) is 44.5 Å². The van der Waals surface area contributed by atoms with Crippen LogP contribution in [0.2, 0.25) is 0 Å². The summed E-state index contributed by atoms with van der Waals surface area (Å²) < 4.78 is 1.20. The molecule has 2 aromatic rings. The summed E-state index contributed by atoms with van der Waals surface area (Å²) in [5.41, 5.74) is 1.80. The van der Waals surface area contributed by atoms with Gasteiger partial charge in [0.05, 0.1) is 0 Å². The van der Waals surface area contributed by atoms with Crippen molar-refractivity contribution in [3.8, 4) is 0 Å². The highest BCUT2D eigenvalue weighted by atomic mass is 16.2. The van der Waals surface area contributed by atoms with E-state index in [1.54, 1.807) is 13.3 Å². The van der Waals surface area contributed by atoms with E-state index in [0.29, 0.717) is 12.4 Å². The molecule has 0 aromatic carbocycles. The van der Waals surface area contributed by atoms with Gasteiger partial charge in [-0.2, -0.15) is 0 Å². The van der Waals surface area contributed by atoms with Crippen molar-refractivity contribution in [1.29, 1.82) is 0 Å². The molecular formula is C18H24N6O2. The summed E-state index contributed by atoms with van der Waals surface area (Å²) in [7, 11) is 0. The molecule has 2 aromatic heterocycles. The molecule has 1 aliphatic heterocycles. The normalized spacial score (nSPS) is 19.4. The van der Waals surface area contributed by atoms with E-state index in [1.807, 2.05) is 4.90 Å². The number of aromatic amines is 1. The number of H-pyrrole nitrogens is 1. The minimum absolute atomic E-state index is 0.230. The number of aryl methyl sites for hydroxylation is 1. The molecule has 0 saturated carbocycles. The standard InChI is InChI=1S/C18H24N6O2/c1-2-24-16(25)9-15(22-18(24)26)23-8-7-12(10-23)21-17-13-5-3-4-6-14(13)19-11-20-17/h9,11-12H,2-8,10H2,1H3,(H,22,26)(H,19,20,21)/t12-/m1/s1. The number of fused-ring (bicyclic) bond motifs is 1. The van der Waals surface area contributed by atoms with Crippen LogP contribution >= 0.6 is 0 Å². The molecule has 0 unspecified atom stereocenters. The number of nitrogens with one attached hydrogen (secondary N) is 2. The maximum absolute atomic E-state index is 12.1. The van der Waals surface area contributed by atoms with Crippen LogP contribution in [0.4, 0.5) is 11.6 Å². The third-order valence-corrected chi connectivity index (χ3v) is 5.32. The third kappa shape index (κ3) is 3.11. The van der Waals surface area contributed by atoms with Crippen molar-refractivity contribution in [2.24, 2.45) is 0 Å². The smallest absolute Gasteiger partial charge is 0.329 e. The lowest BCUT2D eigenvalue weighted by molar-refractivity contribution is 0.660. The first-order chi connectivity index (χ1) is 12.7. The van der Waals surface area contributed by atoms with Gasteiger partial charge in [-0.25, -0.2) is 14.8 Å². The molecule has 0 bridgehead atoms. The van der Waals surface area contributed by atoms with E-state index in [-0.39, 0.29) is 17.3 Å². The van der Waals surface area contributed by atoms with E-state index in [9.17, 15) is 9.59 Å². The van der Waals surface area contributed by atoms with E-state index in [1.165, 1.54) is 29.0 Å². The van der Waals surface area contributed by atoms with Gasteiger partial charge in [-0.05, 0) is 39.0 Å². The fourth-order valence-corrected chi connectivity index (χ4v) is 3.91. The summed E-state index contributed by atoms with van der Waals surface area (Å²) in [6.07, 6.45) is 6.99. The molecule has 8 heteroatoms. The highest BCUT2D eigenvalue weighted by Crippen LogP contribution is 2.26. The van der Waals surface area contributed by atoms with Crippen LogP contribution in [0.5, 0.6) is 0 Å². The Morgan fingerprint density at radius 3 is 2.92 bits per heavy atom. The van der Waals surface area contributed by atoms with Gasteiger partial charge in [-0.15, -0.1) is 0 Å². The topological polar surface area (TPSA) is 95.9 Å². The lowest BCUT2D eigenvalue weighted by Gasteiger charge is -2.22. The number of nitrogens with zero attached hydrogens (tertiary/aromatic N) is 4. The van der Waals surface area contributed by atoms with Gasteiger partial charge < -0.3 is 10.2 Å². The molecule has 1 saturated heterocycles. The summed E-state index contributed by atoms with van der Waals surface area (Å²) in [5.74, 6) is 1.54. The highest BCUT2D eigenvalue weighted by Gasteiger charge is 2.26. The van der Waals surface area contributed by atoms with Crippen LogP contribution in [0.25, 0.3) is 0 Å². The Bertz CT molecular complexity index is 887. The van der Waals surface area contributed by atoms with E-state index in [0.717, 1.165) is 43.9 Å². The maximum atomic E-state index is 12.1. The molecule has 2 aliphatic rings. The molecule has 4 rings (SSSR count). The Balaban J connectivity index is 1.50. The van der Waals surface area contributed by atoms with Crippen LogP contribution in [0.3, 0.4) is 0 Å². The quantitative estimate of drug-likeness (QED) is 0.846. The van der Waals surface area contributed by atoms with Gasteiger partial charge in [-0.1, -0.05) is 0 Å². The molecule has 0 radical (unpaired) electrons. The second-order valence-electron chi connectivity index (χ2n) is 6.97. The van der Waals surface area contributed by atoms with Gasteiger partial charge in [0, 0.05) is 43.0 Å². The van der Waals surface area contributed by atoms with Gasteiger partial charge in [0.2, 0.25) is 0 Å². The third-order valence-electron chi connectivity index (χ3n) is 5.32. The van der Waals surface area contributed by atoms with Crippen molar-refractivity contribution in [3.63, 3.8) is 0 Å². The first-order valence-corrected chi connectivity index (χ1v) is 9.34. The lowest BCUT2D eigenvalue weighted by atomic mass is 9.96. The van der Waals surface area contributed by atoms with Gasteiger partial charge in [0.25, 0.3) is 5.56 Å². The molecule has 8 nitrogen and oxygen atoms in total. The van der Waals surface area contributed by atoms with E-state index < -0.39 is 0 Å². The van der Waals surface area contributed by atoms with Gasteiger partial charge >= 0.3 is 5.69 Å². The molecule has 1 fully saturated rings. The monoisotopic (exact) mass is 356 g/mol. The summed E-state index contributed by atoms with van der Waals surface area (Å²) in [6, 6.07) is 1.74. The molecule has 2 N–H and O–H groups in total. The molecule has 138 valence electrons. The zero-order valence-electron chi connectivity index (χ0n) is 15.0. The van der Waals surface area contributed by atoms with E-state index in [4.69, 9.17) is 0 Å². The number of anilines is 2. The second-order valence-corrected chi connectivity index (χ2v) is 6.97. The van der Waals surface area contributed by atoms with Gasteiger partial charge in [0.15, 0.2) is 0 Å². The average Bonchev–Trinajstić information content (AvgIpc) is 3.10. The summed E-state index contributed by atoms with van der Waals surface area (Å²) >= 11 is 0. The molecule has 3 heterocycles. The molecular weight excluding hydrogens is 332 g/mol. The van der Waals surface area contributed by atoms with Crippen LogP contribution in [0.15, 0.2) is 22.0 Å². The zero-order valence-corrected chi connectivity index (χ0v) is 15.0. The second kappa shape index (κ2) is 6.93. The Morgan fingerprint density at radius 1 is 1.27 bits per heavy atom. The first kappa shape index (κ1) is 16.8. The van der Waals surface area contributed by atoms with Crippen molar-refractivity contribution < 1.29 is 0 Å². The van der Waals surface area contributed by atoms with E-state index >= 15 is 0 Å². The van der Waals surface area contributed by atoms with Crippen molar-refractivity contribution in [2.75, 3.05) is 23.3 Å². The van der Waals surface area contributed by atoms with Gasteiger partial charge in [0.1, 0.15) is 18.0 Å². The molecule has 26 heavy (non-hydrogen) atoms. The minimum atomic E-state index is -0.351. The molecule has 0 spiro atoms. The zero-order chi connectivity index (χ0) is 18.1. The molecule has 0 amide bonds. The van der Waals surface area contributed by atoms with Crippen LogP contribution in [-0.2, 0) is 19.4 Å². The predicted molar refractivity (Wildman–Crippen MR) is 99.9 cm³/mol. The maximum Gasteiger partial charge on any atom is 0.329 e. The lowest BCUT2D eigenvalue weighted by Crippen LogP contribution is -2.37. The Morgan fingerprint density at radius 2 is 2.12 bits per heavy atom. The van der Waals surface area contributed by atoms with Gasteiger partial charge in [-0.3, -0.25) is 14.3 Å². The Labute approximate surface area is 151 Å². The number of aromatic nitrogens is 4. The number of rotatable bonds is 4. The summed E-state index contributed by atoms with van der Waals surface area (Å²) in [4.78, 5) is 37.8. The largest absolute Gasteiger partial charge is 0.365 e. The number of hydrogen-bond donors (Lipinski definition) is 2. The summed E-state index contributed by atoms with van der Waals surface area (Å²) in [6.45, 7) is 3.67. The van der Waals surface area contributed by atoms with Crippen LogP contribution in [-0.4, -0.2) is 38.7 Å². The van der Waals surface area contributed by atoms with Crippen LogP contribution < -0.4 is 21.5 Å². The van der Waals surface area contributed by atoms with Crippen molar-refractivity contribution >= 4 is 11.6 Å². The van der Waals surface area contributed by atoms with Crippen molar-refractivity contribution in [2.45, 2.75) is 51.6 Å². The van der Waals surface area contributed by atoms with E-state index in [2.05, 4.69) is 20.3 Å². The highest BCUT2D eigenvalue weighted by molar-refractivity contribution is 5.49. The minimum Gasteiger partial charge on any atom is -0.365 e.